The predicted molar refractivity (Wildman–Crippen MR) is 81.5 cm³/mol. The number of anilines is 1. The van der Waals surface area contributed by atoms with Crippen molar-refractivity contribution in [2.45, 2.75) is 13.8 Å². The number of rotatable bonds is 4. The molecule has 0 aromatic heterocycles. The molecule has 0 aliphatic heterocycles. The molecule has 3 nitrogen and oxygen atoms in total. The molecule has 0 heterocycles. The van der Waals surface area contributed by atoms with E-state index in [2.05, 4.69) is 5.32 Å². The Hall–Kier alpha value is -2.00. The number of nitrogens with one attached hydrogen (secondary N) is 1. The van der Waals surface area contributed by atoms with E-state index < -0.39 is 0 Å². The zero-order valence-electron chi connectivity index (χ0n) is 11.4. The Bertz CT molecular complexity index is 626. The number of halogens is 1. The molecule has 1 N–H and O–H groups in total. The van der Waals surface area contributed by atoms with Crippen molar-refractivity contribution in [1.82, 2.24) is 0 Å². The molecule has 0 bridgehead atoms. The first-order chi connectivity index (χ1) is 9.56. The number of hydrogen-bond donors (Lipinski definition) is 1. The van der Waals surface area contributed by atoms with Crippen molar-refractivity contribution in [1.29, 1.82) is 0 Å². The van der Waals surface area contributed by atoms with Crippen molar-refractivity contribution in [2.24, 2.45) is 0 Å². The van der Waals surface area contributed by atoms with Crippen LogP contribution in [0.25, 0.3) is 0 Å². The van der Waals surface area contributed by atoms with Crippen LogP contribution in [-0.4, -0.2) is 12.5 Å². The number of benzene rings is 2. The largest absolute Gasteiger partial charge is 0.483 e. The molecule has 0 spiro atoms. The molecule has 2 aromatic carbocycles. The van der Waals surface area contributed by atoms with Gasteiger partial charge in [-0.05, 0) is 49.2 Å². The first kappa shape index (κ1) is 14.4. The molecule has 0 radical (unpaired) electrons. The van der Waals surface area contributed by atoms with Crippen LogP contribution in [0.1, 0.15) is 11.1 Å². The minimum absolute atomic E-state index is 0.0309. The van der Waals surface area contributed by atoms with Gasteiger partial charge in [0.05, 0.1) is 0 Å². The molecule has 20 heavy (non-hydrogen) atoms. The second-order valence-electron chi connectivity index (χ2n) is 4.55. The molecule has 0 saturated heterocycles. The Labute approximate surface area is 123 Å². The Kier molecular flexibility index (Phi) is 4.64. The summed E-state index contributed by atoms with van der Waals surface area (Å²) in [5.74, 6) is 0.513. The third-order valence-corrected chi connectivity index (χ3v) is 3.26. The van der Waals surface area contributed by atoms with E-state index in [1.807, 2.05) is 32.0 Å². The summed E-state index contributed by atoms with van der Waals surface area (Å²) in [7, 11) is 0. The highest BCUT2D eigenvalue weighted by Gasteiger charge is 2.06. The highest BCUT2D eigenvalue weighted by molar-refractivity contribution is 6.30. The van der Waals surface area contributed by atoms with Crippen LogP contribution >= 0.6 is 11.6 Å². The van der Waals surface area contributed by atoms with Gasteiger partial charge in [-0.15, -0.1) is 0 Å². The molecule has 0 saturated carbocycles. The molecule has 1 amide bonds. The second kappa shape index (κ2) is 6.44. The SMILES string of the molecule is Cc1cccc(OCC(=O)Nc2cccc(Cl)c2)c1C. The van der Waals surface area contributed by atoms with Gasteiger partial charge >= 0.3 is 0 Å². The van der Waals surface area contributed by atoms with E-state index in [0.29, 0.717) is 10.7 Å². The maximum absolute atomic E-state index is 11.8. The molecule has 0 fully saturated rings. The summed E-state index contributed by atoms with van der Waals surface area (Å²) < 4.78 is 5.54. The van der Waals surface area contributed by atoms with Crippen molar-refractivity contribution >= 4 is 23.2 Å². The smallest absolute Gasteiger partial charge is 0.262 e. The molecule has 4 heteroatoms. The lowest BCUT2D eigenvalue weighted by Crippen LogP contribution is -2.20. The van der Waals surface area contributed by atoms with Crippen molar-refractivity contribution in [3.63, 3.8) is 0 Å². The predicted octanol–water partition coefficient (Wildman–Crippen LogP) is 3.97. The van der Waals surface area contributed by atoms with Gasteiger partial charge in [0.2, 0.25) is 0 Å². The molecular formula is C16H16ClNO2. The van der Waals surface area contributed by atoms with Crippen molar-refractivity contribution in [2.75, 3.05) is 11.9 Å². The van der Waals surface area contributed by atoms with Gasteiger partial charge in [0.25, 0.3) is 5.91 Å². The number of ether oxygens (including phenoxy) is 1. The Balaban J connectivity index is 1.94. The minimum atomic E-state index is -0.215. The van der Waals surface area contributed by atoms with E-state index in [0.717, 1.165) is 16.9 Å². The van der Waals surface area contributed by atoms with Gasteiger partial charge in [-0.2, -0.15) is 0 Å². The number of carbonyl (C=O) groups excluding carboxylic acids is 1. The summed E-state index contributed by atoms with van der Waals surface area (Å²) in [6.07, 6.45) is 0. The highest BCUT2D eigenvalue weighted by atomic mass is 35.5. The lowest BCUT2D eigenvalue weighted by Gasteiger charge is -2.11. The van der Waals surface area contributed by atoms with Gasteiger partial charge in [0.15, 0.2) is 6.61 Å². The summed E-state index contributed by atoms with van der Waals surface area (Å²) in [6.45, 7) is 3.95. The summed E-state index contributed by atoms with van der Waals surface area (Å²) in [4.78, 5) is 11.8. The minimum Gasteiger partial charge on any atom is -0.483 e. The monoisotopic (exact) mass is 289 g/mol. The lowest BCUT2D eigenvalue weighted by molar-refractivity contribution is -0.118. The first-order valence-corrected chi connectivity index (χ1v) is 6.68. The molecule has 0 unspecified atom stereocenters. The van der Waals surface area contributed by atoms with Crippen LogP contribution in [-0.2, 0) is 4.79 Å². The van der Waals surface area contributed by atoms with Crippen LogP contribution in [0.3, 0.4) is 0 Å². The maximum atomic E-state index is 11.8. The van der Waals surface area contributed by atoms with Gasteiger partial charge in [0.1, 0.15) is 5.75 Å². The topological polar surface area (TPSA) is 38.3 Å². The number of amides is 1. The van der Waals surface area contributed by atoms with Crippen LogP contribution < -0.4 is 10.1 Å². The number of hydrogen-bond acceptors (Lipinski definition) is 2. The average Bonchev–Trinajstić information content (AvgIpc) is 2.40. The van der Waals surface area contributed by atoms with E-state index >= 15 is 0 Å². The average molecular weight is 290 g/mol. The standard InChI is InChI=1S/C16H16ClNO2/c1-11-5-3-8-15(12(11)2)20-10-16(19)18-14-7-4-6-13(17)9-14/h3-9H,10H2,1-2H3,(H,18,19). The summed E-state index contributed by atoms with van der Waals surface area (Å²) in [5, 5.41) is 3.32. The van der Waals surface area contributed by atoms with Gasteiger partial charge in [-0.1, -0.05) is 29.8 Å². The first-order valence-electron chi connectivity index (χ1n) is 6.30. The van der Waals surface area contributed by atoms with Crippen LogP contribution in [0.4, 0.5) is 5.69 Å². The van der Waals surface area contributed by atoms with E-state index in [9.17, 15) is 4.79 Å². The summed E-state index contributed by atoms with van der Waals surface area (Å²) >= 11 is 5.86. The fourth-order valence-corrected chi connectivity index (χ4v) is 1.98. The zero-order valence-corrected chi connectivity index (χ0v) is 12.2. The quantitative estimate of drug-likeness (QED) is 0.925. The number of carbonyl (C=O) groups is 1. The molecule has 0 aliphatic carbocycles. The van der Waals surface area contributed by atoms with Crippen molar-refractivity contribution in [3.8, 4) is 5.75 Å². The fourth-order valence-electron chi connectivity index (χ4n) is 1.79. The van der Waals surface area contributed by atoms with Gasteiger partial charge in [-0.3, -0.25) is 4.79 Å². The Morgan fingerprint density at radius 2 is 1.95 bits per heavy atom. The van der Waals surface area contributed by atoms with E-state index in [1.165, 1.54) is 0 Å². The molecule has 2 rings (SSSR count). The van der Waals surface area contributed by atoms with Gasteiger partial charge in [-0.25, -0.2) is 0 Å². The van der Waals surface area contributed by atoms with Crippen LogP contribution in [0.2, 0.25) is 5.02 Å². The zero-order chi connectivity index (χ0) is 14.5. The van der Waals surface area contributed by atoms with Crippen LogP contribution in [0.5, 0.6) is 5.75 Å². The summed E-state index contributed by atoms with van der Waals surface area (Å²) in [6, 6.07) is 12.8. The Morgan fingerprint density at radius 3 is 2.70 bits per heavy atom. The highest BCUT2D eigenvalue weighted by Crippen LogP contribution is 2.20. The van der Waals surface area contributed by atoms with E-state index in [1.54, 1.807) is 24.3 Å². The Morgan fingerprint density at radius 1 is 1.20 bits per heavy atom. The molecule has 0 aliphatic rings. The van der Waals surface area contributed by atoms with Crippen molar-refractivity contribution in [3.05, 3.63) is 58.6 Å². The fraction of sp³-hybridized carbons (Fsp3) is 0.188. The van der Waals surface area contributed by atoms with Crippen LogP contribution in [0, 0.1) is 13.8 Å². The van der Waals surface area contributed by atoms with Crippen molar-refractivity contribution < 1.29 is 9.53 Å². The lowest BCUT2D eigenvalue weighted by atomic mass is 10.1. The summed E-state index contributed by atoms with van der Waals surface area (Å²) in [5.41, 5.74) is 2.84. The molecule has 2 aromatic rings. The maximum Gasteiger partial charge on any atom is 0.262 e. The van der Waals surface area contributed by atoms with Gasteiger partial charge in [0, 0.05) is 10.7 Å². The molecule has 0 atom stereocenters. The van der Waals surface area contributed by atoms with E-state index in [4.69, 9.17) is 16.3 Å². The van der Waals surface area contributed by atoms with E-state index in [-0.39, 0.29) is 12.5 Å². The molecular weight excluding hydrogens is 274 g/mol. The molecule has 104 valence electrons. The van der Waals surface area contributed by atoms with Gasteiger partial charge < -0.3 is 10.1 Å². The normalized spacial score (nSPS) is 10.2. The van der Waals surface area contributed by atoms with Crippen LogP contribution in [0.15, 0.2) is 42.5 Å². The third kappa shape index (κ3) is 3.75. The number of aryl methyl sites for hydroxylation is 1. The third-order valence-electron chi connectivity index (χ3n) is 3.02. The second-order valence-corrected chi connectivity index (χ2v) is 4.98.